The predicted octanol–water partition coefficient (Wildman–Crippen LogP) is -0.961. The van der Waals surface area contributed by atoms with Crippen molar-refractivity contribution in [2.75, 3.05) is 27.2 Å². The number of aromatic nitrogens is 3. The van der Waals surface area contributed by atoms with Crippen molar-refractivity contribution in [3.05, 3.63) is 11.4 Å². The maximum absolute atomic E-state index is 10.9. The van der Waals surface area contributed by atoms with Crippen molar-refractivity contribution in [2.24, 2.45) is 5.73 Å². The molecule has 0 saturated heterocycles. The van der Waals surface area contributed by atoms with E-state index in [0.717, 1.165) is 6.54 Å². The predicted molar refractivity (Wildman–Crippen MR) is 58.3 cm³/mol. The van der Waals surface area contributed by atoms with E-state index in [2.05, 4.69) is 10.3 Å². The fraction of sp³-hybridized carbons (Fsp3) is 0.667. The minimum Gasteiger partial charge on any atom is -0.476 e. The van der Waals surface area contributed by atoms with Gasteiger partial charge in [0.1, 0.15) is 0 Å². The Morgan fingerprint density at radius 3 is 2.75 bits per heavy atom. The fourth-order valence-corrected chi connectivity index (χ4v) is 1.36. The molecular formula is C9H17N5O2. The van der Waals surface area contributed by atoms with E-state index in [9.17, 15) is 4.79 Å². The number of hydrogen-bond donors (Lipinski definition) is 2. The standard InChI is InChI=1S/C9H17N5O2/c1-13(2)5-6-14-7(3-4-10)8(9(15)16)11-12-14/h3-6,10H2,1-2H3,(H,15,16). The van der Waals surface area contributed by atoms with E-state index in [1.807, 2.05) is 19.0 Å². The van der Waals surface area contributed by atoms with Crippen LogP contribution in [0.25, 0.3) is 0 Å². The summed E-state index contributed by atoms with van der Waals surface area (Å²) < 4.78 is 1.61. The Balaban J connectivity index is 2.86. The summed E-state index contributed by atoms with van der Waals surface area (Å²) >= 11 is 0. The van der Waals surface area contributed by atoms with Gasteiger partial charge in [0, 0.05) is 13.0 Å². The Morgan fingerprint density at radius 1 is 1.56 bits per heavy atom. The summed E-state index contributed by atoms with van der Waals surface area (Å²) in [5.74, 6) is -1.06. The molecule has 0 amide bonds. The minimum absolute atomic E-state index is 0.00389. The van der Waals surface area contributed by atoms with E-state index < -0.39 is 5.97 Å². The number of carbonyl (C=O) groups is 1. The van der Waals surface area contributed by atoms with Gasteiger partial charge in [0.05, 0.1) is 12.2 Å². The van der Waals surface area contributed by atoms with Gasteiger partial charge in [-0.15, -0.1) is 5.10 Å². The Bertz CT molecular complexity index is 361. The van der Waals surface area contributed by atoms with Gasteiger partial charge < -0.3 is 15.7 Å². The van der Waals surface area contributed by atoms with E-state index in [-0.39, 0.29) is 5.69 Å². The van der Waals surface area contributed by atoms with Crippen LogP contribution in [0.15, 0.2) is 0 Å². The summed E-state index contributed by atoms with van der Waals surface area (Å²) in [7, 11) is 3.88. The molecule has 16 heavy (non-hydrogen) atoms. The minimum atomic E-state index is -1.06. The molecule has 7 nitrogen and oxygen atoms in total. The SMILES string of the molecule is CN(C)CCn1nnc(C(=O)O)c1CCN. The van der Waals surface area contributed by atoms with Gasteiger partial charge in [0.15, 0.2) is 5.69 Å². The Hall–Kier alpha value is -1.47. The first-order chi connectivity index (χ1) is 7.56. The van der Waals surface area contributed by atoms with Crippen molar-refractivity contribution < 1.29 is 9.90 Å². The molecule has 0 saturated carbocycles. The molecule has 0 spiro atoms. The summed E-state index contributed by atoms with van der Waals surface area (Å²) in [6.45, 7) is 1.78. The second-order valence-corrected chi connectivity index (χ2v) is 3.75. The zero-order valence-corrected chi connectivity index (χ0v) is 9.55. The fourth-order valence-electron chi connectivity index (χ4n) is 1.36. The number of carboxylic acids is 1. The molecule has 0 atom stereocenters. The number of rotatable bonds is 6. The van der Waals surface area contributed by atoms with Crippen molar-refractivity contribution in [1.29, 1.82) is 0 Å². The lowest BCUT2D eigenvalue weighted by Crippen LogP contribution is -2.21. The van der Waals surface area contributed by atoms with Gasteiger partial charge >= 0.3 is 5.97 Å². The molecule has 1 aromatic heterocycles. The molecule has 0 radical (unpaired) electrons. The molecule has 1 aromatic rings. The summed E-state index contributed by atoms with van der Waals surface area (Å²) in [6, 6.07) is 0. The van der Waals surface area contributed by atoms with Gasteiger partial charge in [-0.3, -0.25) is 0 Å². The van der Waals surface area contributed by atoms with Crippen LogP contribution < -0.4 is 5.73 Å². The number of carboxylic acid groups (broad SMARTS) is 1. The molecule has 0 aromatic carbocycles. The molecule has 90 valence electrons. The van der Waals surface area contributed by atoms with Gasteiger partial charge in [-0.1, -0.05) is 5.21 Å². The molecule has 0 aliphatic heterocycles. The first-order valence-electron chi connectivity index (χ1n) is 5.06. The molecule has 0 bridgehead atoms. The summed E-state index contributed by atoms with van der Waals surface area (Å²) in [4.78, 5) is 12.9. The highest BCUT2D eigenvalue weighted by molar-refractivity contribution is 5.86. The molecule has 0 fully saturated rings. The van der Waals surface area contributed by atoms with Crippen molar-refractivity contribution >= 4 is 5.97 Å². The number of likely N-dealkylation sites (N-methyl/N-ethyl adjacent to an activating group) is 1. The number of aromatic carboxylic acids is 1. The van der Waals surface area contributed by atoms with Crippen LogP contribution in [0.5, 0.6) is 0 Å². The quantitative estimate of drug-likeness (QED) is 0.649. The second-order valence-electron chi connectivity index (χ2n) is 3.75. The second kappa shape index (κ2) is 5.57. The lowest BCUT2D eigenvalue weighted by atomic mass is 10.2. The van der Waals surface area contributed by atoms with Crippen LogP contribution in [0.3, 0.4) is 0 Å². The molecule has 0 unspecified atom stereocenters. The lowest BCUT2D eigenvalue weighted by Gasteiger charge is -2.10. The maximum atomic E-state index is 10.9. The molecule has 7 heteroatoms. The van der Waals surface area contributed by atoms with Crippen LogP contribution in [-0.4, -0.2) is 58.2 Å². The van der Waals surface area contributed by atoms with Gasteiger partial charge in [-0.2, -0.15) is 0 Å². The highest BCUT2D eigenvalue weighted by atomic mass is 16.4. The normalized spacial score (nSPS) is 11.0. The van der Waals surface area contributed by atoms with Gasteiger partial charge in [-0.25, -0.2) is 9.48 Å². The number of hydrogen-bond acceptors (Lipinski definition) is 5. The van der Waals surface area contributed by atoms with Crippen LogP contribution in [0, 0.1) is 0 Å². The van der Waals surface area contributed by atoms with Gasteiger partial charge in [0.2, 0.25) is 0 Å². The first kappa shape index (κ1) is 12.6. The summed E-state index contributed by atoms with van der Waals surface area (Å²) in [5.41, 5.74) is 6.04. The molecular weight excluding hydrogens is 210 g/mol. The topological polar surface area (TPSA) is 97.3 Å². The third-order valence-corrected chi connectivity index (χ3v) is 2.18. The van der Waals surface area contributed by atoms with E-state index in [1.165, 1.54) is 0 Å². The molecule has 0 aliphatic rings. The Kier molecular flexibility index (Phi) is 4.39. The number of nitrogens with two attached hydrogens (primary N) is 1. The van der Waals surface area contributed by atoms with Gasteiger partial charge in [-0.05, 0) is 20.6 Å². The summed E-state index contributed by atoms with van der Waals surface area (Å²) in [6.07, 6.45) is 0.474. The molecule has 3 N–H and O–H groups in total. The average Bonchev–Trinajstić information content (AvgIpc) is 2.59. The van der Waals surface area contributed by atoms with Crippen LogP contribution in [0.1, 0.15) is 16.2 Å². The average molecular weight is 227 g/mol. The van der Waals surface area contributed by atoms with Crippen molar-refractivity contribution in [1.82, 2.24) is 19.9 Å². The Morgan fingerprint density at radius 2 is 2.25 bits per heavy atom. The monoisotopic (exact) mass is 227 g/mol. The zero-order chi connectivity index (χ0) is 12.1. The maximum Gasteiger partial charge on any atom is 0.358 e. The molecule has 0 aliphatic carbocycles. The van der Waals surface area contributed by atoms with Gasteiger partial charge in [0.25, 0.3) is 0 Å². The molecule has 1 heterocycles. The van der Waals surface area contributed by atoms with Crippen LogP contribution in [-0.2, 0) is 13.0 Å². The number of nitrogens with zero attached hydrogens (tertiary/aromatic N) is 4. The van der Waals surface area contributed by atoms with Crippen molar-refractivity contribution in [3.63, 3.8) is 0 Å². The molecule has 1 rings (SSSR count). The van der Waals surface area contributed by atoms with E-state index in [0.29, 0.717) is 25.2 Å². The van der Waals surface area contributed by atoms with Crippen LogP contribution in [0.2, 0.25) is 0 Å². The lowest BCUT2D eigenvalue weighted by molar-refractivity contribution is 0.0689. The van der Waals surface area contributed by atoms with Crippen molar-refractivity contribution in [3.8, 4) is 0 Å². The smallest absolute Gasteiger partial charge is 0.358 e. The third kappa shape index (κ3) is 3.01. The van der Waals surface area contributed by atoms with E-state index in [1.54, 1.807) is 4.68 Å². The summed E-state index contributed by atoms with van der Waals surface area (Å²) in [5, 5.41) is 16.4. The third-order valence-electron chi connectivity index (χ3n) is 2.18. The van der Waals surface area contributed by atoms with Crippen LogP contribution >= 0.6 is 0 Å². The van der Waals surface area contributed by atoms with Crippen molar-refractivity contribution in [2.45, 2.75) is 13.0 Å². The first-order valence-corrected chi connectivity index (χ1v) is 5.06. The largest absolute Gasteiger partial charge is 0.476 e. The highest BCUT2D eigenvalue weighted by Gasteiger charge is 2.17. The zero-order valence-electron chi connectivity index (χ0n) is 9.55. The van der Waals surface area contributed by atoms with E-state index >= 15 is 0 Å². The van der Waals surface area contributed by atoms with Crippen LogP contribution in [0.4, 0.5) is 0 Å². The van der Waals surface area contributed by atoms with E-state index in [4.69, 9.17) is 10.8 Å². The highest BCUT2D eigenvalue weighted by Crippen LogP contribution is 2.06. The Labute approximate surface area is 93.8 Å².